The number of aryl methyl sites for hydroxylation is 3. The zero-order valence-electron chi connectivity index (χ0n) is 22.2. The van der Waals surface area contributed by atoms with Crippen molar-refractivity contribution in [2.24, 2.45) is 0 Å². The van der Waals surface area contributed by atoms with Crippen LogP contribution in [0.5, 0.6) is 0 Å². The number of anilines is 2. The van der Waals surface area contributed by atoms with Crippen molar-refractivity contribution in [3.05, 3.63) is 95.1 Å². The third-order valence-corrected chi connectivity index (χ3v) is 7.96. The molecule has 3 amide bonds. The van der Waals surface area contributed by atoms with Gasteiger partial charge in [0.15, 0.2) is 0 Å². The average molecular weight is 511 g/mol. The van der Waals surface area contributed by atoms with Gasteiger partial charge >= 0.3 is 0 Å². The van der Waals surface area contributed by atoms with Crippen LogP contribution in [-0.4, -0.2) is 59.4 Å². The Morgan fingerprint density at radius 2 is 1.53 bits per heavy atom. The summed E-state index contributed by atoms with van der Waals surface area (Å²) in [6, 6.07) is 23.3. The van der Waals surface area contributed by atoms with Crippen molar-refractivity contribution in [3.8, 4) is 0 Å². The molecule has 2 fully saturated rings. The maximum Gasteiger partial charge on any atom is 0.254 e. The quantitative estimate of drug-likeness (QED) is 0.547. The minimum atomic E-state index is -0.787. The Hall–Kier alpha value is -4.13. The van der Waals surface area contributed by atoms with Crippen LogP contribution in [0.25, 0.3) is 0 Å². The number of nitrogens with one attached hydrogen (secondary N) is 1. The van der Waals surface area contributed by atoms with Crippen LogP contribution >= 0.6 is 0 Å². The summed E-state index contributed by atoms with van der Waals surface area (Å²) in [5.41, 5.74) is 4.78. The first kappa shape index (κ1) is 25.5. The summed E-state index contributed by atoms with van der Waals surface area (Å²) < 4.78 is 0. The fourth-order valence-electron chi connectivity index (χ4n) is 5.58. The number of hydrogen-bond acceptors (Lipinski definition) is 4. The minimum absolute atomic E-state index is 0.000665. The van der Waals surface area contributed by atoms with Crippen molar-refractivity contribution in [1.29, 1.82) is 0 Å². The highest BCUT2D eigenvalue weighted by atomic mass is 16.2. The minimum Gasteiger partial charge on any atom is -0.339 e. The Kier molecular flexibility index (Phi) is 6.93. The Labute approximate surface area is 224 Å². The molecule has 38 heavy (non-hydrogen) atoms. The van der Waals surface area contributed by atoms with Gasteiger partial charge in [-0.3, -0.25) is 14.4 Å². The Morgan fingerprint density at radius 1 is 0.842 bits per heavy atom. The number of hydrogen-bond donors (Lipinski definition) is 1. The molecular weight excluding hydrogens is 476 g/mol. The van der Waals surface area contributed by atoms with Crippen LogP contribution in [0, 0.1) is 20.8 Å². The fourth-order valence-corrected chi connectivity index (χ4v) is 5.58. The van der Waals surface area contributed by atoms with Crippen molar-refractivity contribution in [3.63, 3.8) is 0 Å². The molecule has 0 bridgehead atoms. The molecule has 0 unspecified atom stereocenters. The number of rotatable bonds is 5. The summed E-state index contributed by atoms with van der Waals surface area (Å²) in [5.74, 6) is -0.280. The lowest BCUT2D eigenvalue weighted by atomic mass is 9.85. The number of carbonyl (C=O) groups is 3. The van der Waals surface area contributed by atoms with Crippen LogP contribution in [-0.2, 0) is 9.59 Å². The molecule has 3 aromatic rings. The lowest BCUT2D eigenvalue weighted by Crippen LogP contribution is -2.57. The van der Waals surface area contributed by atoms with E-state index in [1.807, 2.05) is 98.5 Å². The maximum atomic E-state index is 14.0. The molecule has 7 nitrogen and oxygen atoms in total. The molecule has 0 radical (unpaired) electrons. The van der Waals surface area contributed by atoms with Gasteiger partial charge in [0.05, 0.1) is 6.67 Å². The van der Waals surface area contributed by atoms with Gasteiger partial charge in [-0.15, -0.1) is 0 Å². The molecule has 2 aliphatic rings. The Bertz CT molecular complexity index is 1360. The third-order valence-electron chi connectivity index (χ3n) is 7.96. The van der Waals surface area contributed by atoms with Gasteiger partial charge in [-0.2, -0.15) is 0 Å². The molecule has 7 heteroatoms. The Balaban J connectivity index is 1.34. The second-order valence-corrected chi connectivity index (χ2v) is 10.4. The molecule has 2 heterocycles. The number of nitrogens with zero attached hydrogens (tertiary/aromatic N) is 3. The van der Waals surface area contributed by atoms with Gasteiger partial charge in [0.1, 0.15) is 12.1 Å². The topological polar surface area (TPSA) is 73.0 Å². The van der Waals surface area contributed by atoms with E-state index in [0.29, 0.717) is 38.2 Å². The van der Waals surface area contributed by atoms with Gasteiger partial charge in [0.25, 0.3) is 11.8 Å². The molecule has 1 spiro atoms. The van der Waals surface area contributed by atoms with E-state index in [1.54, 1.807) is 4.90 Å². The van der Waals surface area contributed by atoms with Gasteiger partial charge in [-0.05, 0) is 80.6 Å². The average Bonchev–Trinajstić information content (AvgIpc) is 3.17. The molecule has 0 aromatic heterocycles. The van der Waals surface area contributed by atoms with Crippen molar-refractivity contribution in [1.82, 2.24) is 9.80 Å². The van der Waals surface area contributed by atoms with E-state index in [4.69, 9.17) is 0 Å². The lowest BCUT2D eigenvalue weighted by molar-refractivity contribution is -0.136. The van der Waals surface area contributed by atoms with Gasteiger partial charge in [-0.25, -0.2) is 0 Å². The smallest absolute Gasteiger partial charge is 0.254 e. The first-order valence-corrected chi connectivity index (χ1v) is 13.1. The van der Waals surface area contributed by atoms with E-state index >= 15 is 0 Å². The molecular formula is C31H34N4O3. The summed E-state index contributed by atoms with van der Waals surface area (Å²) in [6.07, 6.45) is 1.02. The predicted molar refractivity (Wildman–Crippen MR) is 149 cm³/mol. The Morgan fingerprint density at radius 3 is 2.21 bits per heavy atom. The van der Waals surface area contributed by atoms with Crippen molar-refractivity contribution in [2.45, 2.75) is 39.2 Å². The number of piperidine rings is 1. The van der Waals surface area contributed by atoms with E-state index in [2.05, 4.69) is 10.2 Å². The van der Waals surface area contributed by atoms with Crippen LogP contribution in [0.2, 0.25) is 0 Å². The number of amides is 3. The molecule has 196 valence electrons. The summed E-state index contributed by atoms with van der Waals surface area (Å²) in [6.45, 7) is 7.23. The van der Waals surface area contributed by atoms with E-state index in [1.165, 1.54) is 0 Å². The zero-order chi connectivity index (χ0) is 26.9. The van der Waals surface area contributed by atoms with E-state index in [0.717, 1.165) is 28.1 Å². The van der Waals surface area contributed by atoms with Crippen molar-refractivity contribution >= 4 is 29.1 Å². The van der Waals surface area contributed by atoms with E-state index in [-0.39, 0.29) is 24.3 Å². The molecule has 0 saturated carbocycles. The normalized spacial score (nSPS) is 16.7. The molecule has 0 aliphatic carbocycles. The van der Waals surface area contributed by atoms with Crippen LogP contribution in [0.1, 0.15) is 39.9 Å². The summed E-state index contributed by atoms with van der Waals surface area (Å²) >= 11 is 0. The molecule has 3 aromatic carbocycles. The van der Waals surface area contributed by atoms with Crippen LogP contribution in [0.15, 0.2) is 72.8 Å². The highest BCUT2D eigenvalue weighted by Crippen LogP contribution is 2.39. The van der Waals surface area contributed by atoms with Gasteiger partial charge in [0, 0.05) is 30.0 Å². The van der Waals surface area contributed by atoms with Gasteiger partial charge < -0.3 is 20.0 Å². The van der Waals surface area contributed by atoms with Crippen LogP contribution in [0.4, 0.5) is 11.4 Å². The number of benzene rings is 3. The molecule has 5 rings (SSSR count). The third kappa shape index (κ3) is 4.76. The molecule has 1 N–H and O–H groups in total. The van der Waals surface area contributed by atoms with Crippen LogP contribution < -0.4 is 10.2 Å². The van der Waals surface area contributed by atoms with E-state index < -0.39 is 5.54 Å². The van der Waals surface area contributed by atoms with Gasteiger partial charge in [-0.1, -0.05) is 42.5 Å². The highest BCUT2D eigenvalue weighted by molar-refractivity contribution is 6.00. The number of para-hydroxylation sites is 1. The summed E-state index contributed by atoms with van der Waals surface area (Å²) in [7, 11) is 0. The lowest BCUT2D eigenvalue weighted by Gasteiger charge is -2.43. The second kappa shape index (κ2) is 10.3. The number of likely N-dealkylation sites (tertiary alicyclic amines) is 1. The zero-order valence-corrected chi connectivity index (χ0v) is 22.2. The predicted octanol–water partition coefficient (Wildman–Crippen LogP) is 4.53. The standard InChI is InChI=1S/C31H34N4O3/c1-22-13-14-25(19-24(22)3)32-28(36)20-34-21-35(26-10-5-4-6-11-26)31(30(34)38)15-17-33(18-16-31)29(37)27-12-8-7-9-23(27)2/h4-14,19H,15-18,20-21H2,1-3H3,(H,32,36). The highest BCUT2D eigenvalue weighted by Gasteiger charge is 2.54. The van der Waals surface area contributed by atoms with Crippen molar-refractivity contribution < 1.29 is 14.4 Å². The summed E-state index contributed by atoms with van der Waals surface area (Å²) in [4.78, 5) is 45.8. The van der Waals surface area contributed by atoms with Crippen LogP contribution in [0.3, 0.4) is 0 Å². The second-order valence-electron chi connectivity index (χ2n) is 10.4. The SMILES string of the molecule is Cc1ccc(NC(=O)CN2CN(c3ccccc3)C3(CCN(C(=O)c4ccccc4C)CC3)C2=O)cc1C. The molecule has 0 atom stereocenters. The number of carbonyl (C=O) groups excluding carboxylic acids is 3. The first-order chi connectivity index (χ1) is 18.3. The van der Waals surface area contributed by atoms with Gasteiger partial charge in [0.2, 0.25) is 5.91 Å². The fraction of sp³-hybridized carbons (Fsp3) is 0.323. The largest absolute Gasteiger partial charge is 0.339 e. The first-order valence-electron chi connectivity index (χ1n) is 13.1. The molecule has 2 saturated heterocycles. The molecule has 2 aliphatic heterocycles. The monoisotopic (exact) mass is 510 g/mol. The van der Waals surface area contributed by atoms with Crippen molar-refractivity contribution in [2.75, 3.05) is 36.5 Å². The maximum absolute atomic E-state index is 14.0. The van der Waals surface area contributed by atoms with E-state index in [9.17, 15) is 14.4 Å². The summed E-state index contributed by atoms with van der Waals surface area (Å²) in [5, 5.41) is 2.94.